The summed E-state index contributed by atoms with van der Waals surface area (Å²) in [5.74, 6) is -0.177. The van der Waals surface area contributed by atoms with Gasteiger partial charge in [0, 0.05) is 36.1 Å². The van der Waals surface area contributed by atoms with Crippen molar-refractivity contribution in [3.8, 4) is 0 Å². The number of halogens is 1. The number of carbonyl (C=O) groups excluding carboxylic acids is 2. The summed E-state index contributed by atoms with van der Waals surface area (Å²) in [7, 11) is 0. The molecule has 256 valence electrons. The number of rotatable bonds is 12. The Bertz CT molecular complexity index is 1600. The van der Waals surface area contributed by atoms with E-state index in [-0.39, 0.29) is 36.0 Å². The van der Waals surface area contributed by atoms with Gasteiger partial charge in [-0.3, -0.25) is 14.6 Å². The topological polar surface area (TPSA) is 82.1 Å². The average molecular weight is 690 g/mol. The molecule has 2 fully saturated rings. The van der Waals surface area contributed by atoms with Gasteiger partial charge in [0.15, 0.2) is 5.78 Å². The van der Waals surface area contributed by atoms with Crippen molar-refractivity contribution in [2.75, 3.05) is 25.5 Å². The molecule has 0 radical (unpaired) electrons. The van der Waals surface area contributed by atoms with Gasteiger partial charge in [-0.05, 0) is 85.8 Å². The molecule has 3 aromatic carbocycles. The molecule has 2 aliphatic rings. The molecule has 0 bridgehead atoms. The van der Waals surface area contributed by atoms with Gasteiger partial charge >= 0.3 is 6.09 Å². The van der Waals surface area contributed by atoms with Gasteiger partial charge in [-0.15, -0.1) is 22.9 Å². The maximum atomic E-state index is 12.0. The van der Waals surface area contributed by atoms with E-state index in [0.29, 0.717) is 19.5 Å². The fraction of sp³-hybridized carbons (Fsp3) is 0.436. The Morgan fingerprint density at radius 1 is 0.958 bits per heavy atom. The van der Waals surface area contributed by atoms with Crippen molar-refractivity contribution in [3.05, 3.63) is 106 Å². The molecule has 7 nitrogen and oxygen atoms in total. The molecule has 0 saturated carbocycles. The highest BCUT2D eigenvalue weighted by molar-refractivity contribution is 7.09. The first-order valence-corrected chi connectivity index (χ1v) is 18.4. The van der Waals surface area contributed by atoms with E-state index in [1.165, 1.54) is 32.5 Å². The van der Waals surface area contributed by atoms with Gasteiger partial charge < -0.3 is 15.2 Å². The molecule has 3 heterocycles. The number of aliphatic hydroxyl groups excluding tert-OH is 1. The minimum atomic E-state index is -0.440. The van der Waals surface area contributed by atoms with Crippen LogP contribution in [-0.2, 0) is 29.1 Å². The second-order valence-corrected chi connectivity index (χ2v) is 14.7. The fourth-order valence-corrected chi connectivity index (χ4v) is 7.64. The van der Waals surface area contributed by atoms with Gasteiger partial charge in [-0.1, -0.05) is 78.9 Å². The lowest BCUT2D eigenvalue weighted by atomic mass is 9.93. The van der Waals surface area contributed by atoms with Crippen LogP contribution in [0, 0.1) is 0 Å². The number of ether oxygens (including phenoxy) is 1. The van der Waals surface area contributed by atoms with Crippen molar-refractivity contribution < 1.29 is 19.4 Å². The molecule has 4 aromatic rings. The van der Waals surface area contributed by atoms with Crippen molar-refractivity contribution in [1.82, 2.24) is 15.1 Å². The Kier molecular flexibility index (Phi) is 13.1. The smallest absolute Gasteiger partial charge is 0.410 e. The summed E-state index contributed by atoms with van der Waals surface area (Å²) >= 11 is 7.35. The van der Waals surface area contributed by atoms with E-state index >= 15 is 0 Å². The fourth-order valence-electron chi connectivity index (χ4n) is 6.74. The molecule has 2 saturated heterocycles. The zero-order valence-electron chi connectivity index (χ0n) is 28.0. The highest BCUT2D eigenvalue weighted by Gasteiger charge is 2.34. The number of amides is 1. The molecule has 0 unspecified atom stereocenters. The second-order valence-electron chi connectivity index (χ2n) is 13.4. The van der Waals surface area contributed by atoms with Crippen LogP contribution in [0.25, 0.3) is 10.8 Å². The maximum Gasteiger partial charge on any atom is 0.410 e. The Morgan fingerprint density at radius 2 is 1.71 bits per heavy atom. The van der Waals surface area contributed by atoms with Crippen LogP contribution in [-0.4, -0.2) is 76.0 Å². The number of benzene rings is 3. The molecule has 1 aromatic heterocycles. The molecule has 0 spiro atoms. The monoisotopic (exact) mass is 689 g/mol. The zero-order chi connectivity index (χ0) is 33.9. The minimum Gasteiger partial charge on any atom is -0.445 e. The summed E-state index contributed by atoms with van der Waals surface area (Å²) in [5.41, 5.74) is 2.19. The molecule has 48 heavy (non-hydrogen) atoms. The third kappa shape index (κ3) is 10.1. The van der Waals surface area contributed by atoms with Crippen LogP contribution in [0.4, 0.5) is 4.79 Å². The van der Waals surface area contributed by atoms with Crippen LogP contribution in [0.3, 0.4) is 0 Å². The summed E-state index contributed by atoms with van der Waals surface area (Å²) in [5, 5.41) is 19.3. The zero-order valence-corrected chi connectivity index (χ0v) is 29.6. The van der Waals surface area contributed by atoms with E-state index in [2.05, 4.69) is 84.0 Å². The lowest BCUT2D eigenvalue weighted by molar-refractivity contribution is -0.120. The van der Waals surface area contributed by atoms with Gasteiger partial charge in [0.2, 0.25) is 0 Å². The number of Topliss-reactive ketones (excluding diaryl/α,β-unsaturated/α-hetero) is 1. The number of ketones is 1. The van der Waals surface area contributed by atoms with Crippen molar-refractivity contribution in [3.63, 3.8) is 0 Å². The van der Waals surface area contributed by atoms with E-state index in [1.807, 2.05) is 30.3 Å². The first kappa shape index (κ1) is 36.0. The third-order valence-electron chi connectivity index (χ3n) is 9.24. The highest BCUT2D eigenvalue weighted by atomic mass is 35.5. The number of hydrogen-bond donors (Lipinski definition) is 2. The highest BCUT2D eigenvalue weighted by Crippen LogP contribution is 2.25. The van der Waals surface area contributed by atoms with Crippen LogP contribution in [0.5, 0.6) is 0 Å². The van der Waals surface area contributed by atoms with Crippen molar-refractivity contribution in [2.45, 2.75) is 82.8 Å². The number of nitrogens with one attached hydrogen (secondary N) is 1. The molecule has 1 amide bonds. The normalized spacial score (nSPS) is 18.8. The lowest BCUT2D eigenvalue weighted by Crippen LogP contribution is -2.50. The number of carbonyl (C=O) groups is 2. The van der Waals surface area contributed by atoms with Crippen LogP contribution < -0.4 is 5.32 Å². The number of β-amino-alcohol motifs (C(OH)–C–C–N with tert-alkyl or cyclic N) is 1. The lowest BCUT2D eigenvalue weighted by Gasteiger charge is -2.32. The van der Waals surface area contributed by atoms with Crippen molar-refractivity contribution >= 4 is 45.6 Å². The van der Waals surface area contributed by atoms with E-state index in [4.69, 9.17) is 16.3 Å². The van der Waals surface area contributed by atoms with E-state index in [1.54, 1.807) is 11.3 Å². The SMILES string of the molecule is CC(C)(Cc1ccc2ccccc2c1)NC[C@@H](O)[C@H]1CCCN1Cc1cccs1.O=C(CCl)[C@H]1CCCN1C(=O)OCc1ccccc1. The third-order valence-corrected chi connectivity index (χ3v) is 10.4. The molecular weight excluding hydrogens is 642 g/mol. The predicted molar refractivity (Wildman–Crippen MR) is 196 cm³/mol. The number of aliphatic hydroxyl groups is 1. The first-order valence-electron chi connectivity index (χ1n) is 17.0. The number of fused-ring (bicyclic) bond motifs is 1. The van der Waals surface area contributed by atoms with Crippen LogP contribution in [0.2, 0.25) is 0 Å². The van der Waals surface area contributed by atoms with Crippen LogP contribution in [0.1, 0.15) is 55.5 Å². The molecule has 2 N–H and O–H groups in total. The summed E-state index contributed by atoms with van der Waals surface area (Å²) in [6, 6.07) is 28.8. The van der Waals surface area contributed by atoms with Gasteiger partial charge in [0.25, 0.3) is 0 Å². The number of hydrogen-bond acceptors (Lipinski definition) is 7. The van der Waals surface area contributed by atoms with Crippen LogP contribution in [0.15, 0.2) is 90.3 Å². The molecular formula is C39H48ClN3O4S. The van der Waals surface area contributed by atoms with Gasteiger partial charge in [0.05, 0.1) is 18.0 Å². The first-order chi connectivity index (χ1) is 23.2. The molecule has 3 atom stereocenters. The minimum absolute atomic E-state index is 0.0624. The second kappa shape index (κ2) is 17.4. The van der Waals surface area contributed by atoms with Crippen LogP contribution >= 0.6 is 22.9 Å². The summed E-state index contributed by atoms with van der Waals surface area (Å²) in [4.78, 5) is 28.9. The van der Waals surface area contributed by atoms with E-state index < -0.39 is 12.1 Å². The standard InChI is InChI=1S/C25H32N2OS.C14H16ClNO3/c1-25(2,16-19-11-12-20-7-3-4-8-21(20)15-19)26-17-24(28)23-10-5-13-27(23)18-22-9-6-14-29-22;15-9-13(17)12-7-4-8-16(12)14(18)19-10-11-5-2-1-3-6-11/h3-4,6-9,11-12,14-15,23-24,26,28H,5,10,13,16-18H2,1-2H3;1-3,5-6,12H,4,7-10H2/t23-,24-;12-/m11/s1. The Balaban J connectivity index is 0.000000206. The molecule has 6 rings (SSSR count). The number of thiophene rings is 1. The summed E-state index contributed by atoms with van der Waals surface area (Å²) < 4.78 is 5.23. The number of nitrogens with zero attached hydrogens (tertiary/aromatic N) is 2. The molecule has 0 aliphatic carbocycles. The van der Waals surface area contributed by atoms with E-state index in [9.17, 15) is 14.7 Å². The number of likely N-dealkylation sites (tertiary alicyclic amines) is 2. The molecule has 2 aliphatic heterocycles. The van der Waals surface area contributed by atoms with Crippen molar-refractivity contribution in [1.29, 1.82) is 0 Å². The number of alkyl halides is 1. The molecule has 9 heteroatoms. The summed E-state index contributed by atoms with van der Waals surface area (Å²) in [6.45, 7) is 7.91. The summed E-state index contributed by atoms with van der Waals surface area (Å²) in [6.07, 6.45) is 3.90. The van der Waals surface area contributed by atoms with E-state index in [0.717, 1.165) is 37.9 Å². The van der Waals surface area contributed by atoms with Gasteiger partial charge in [-0.25, -0.2) is 4.79 Å². The Hall–Kier alpha value is -3.27. The van der Waals surface area contributed by atoms with Gasteiger partial charge in [0.1, 0.15) is 6.61 Å². The van der Waals surface area contributed by atoms with Gasteiger partial charge in [-0.2, -0.15) is 0 Å². The predicted octanol–water partition coefficient (Wildman–Crippen LogP) is 7.43. The Labute approximate surface area is 293 Å². The average Bonchev–Trinajstić information content (AvgIpc) is 3.90. The Morgan fingerprint density at radius 3 is 2.46 bits per heavy atom. The maximum absolute atomic E-state index is 12.0. The van der Waals surface area contributed by atoms with Crippen molar-refractivity contribution in [2.24, 2.45) is 0 Å². The largest absolute Gasteiger partial charge is 0.445 e. The quantitative estimate of drug-likeness (QED) is 0.151.